The first-order valence-corrected chi connectivity index (χ1v) is 12.6. The minimum absolute atomic E-state index is 0.0459. The number of fused-ring (bicyclic) bond motifs is 1. The molecule has 10 heteroatoms. The zero-order valence-electron chi connectivity index (χ0n) is 20.5. The van der Waals surface area contributed by atoms with Crippen LogP contribution < -0.4 is 20.3 Å². The molecule has 0 atom stereocenters. The molecule has 0 saturated heterocycles. The van der Waals surface area contributed by atoms with Crippen LogP contribution in [0, 0.1) is 0 Å². The molecule has 1 aromatic carbocycles. The van der Waals surface area contributed by atoms with Crippen LogP contribution in [0.25, 0.3) is 16.5 Å². The summed E-state index contributed by atoms with van der Waals surface area (Å²) in [5, 5.41) is 9.42. The fourth-order valence-electron chi connectivity index (χ4n) is 4.06. The Labute approximate surface area is 212 Å². The van der Waals surface area contributed by atoms with Crippen molar-refractivity contribution in [2.75, 3.05) is 11.9 Å². The van der Waals surface area contributed by atoms with Crippen LogP contribution in [0.2, 0.25) is 0 Å². The summed E-state index contributed by atoms with van der Waals surface area (Å²) in [6, 6.07) is 12.8. The van der Waals surface area contributed by atoms with Crippen molar-refractivity contribution in [2.24, 2.45) is 0 Å². The fourth-order valence-corrected chi connectivity index (χ4v) is 4.74. The van der Waals surface area contributed by atoms with Crippen molar-refractivity contribution >= 4 is 23.1 Å². The number of para-hydroxylation sites is 1. The van der Waals surface area contributed by atoms with E-state index in [1.54, 1.807) is 12.1 Å². The molecule has 0 bridgehead atoms. The lowest BCUT2D eigenvalue weighted by Crippen LogP contribution is -2.25. The molecule has 9 nitrogen and oxygen atoms in total. The van der Waals surface area contributed by atoms with Crippen molar-refractivity contribution in [3.05, 3.63) is 69.5 Å². The van der Waals surface area contributed by atoms with E-state index < -0.39 is 0 Å². The Hall–Kier alpha value is -3.92. The van der Waals surface area contributed by atoms with E-state index in [2.05, 4.69) is 20.4 Å². The van der Waals surface area contributed by atoms with Crippen LogP contribution >= 0.6 is 11.3 Å². The number of aromatic amines is 1. The van der Waals surface area contributed by atoms with E-state index >= 15 is 0 Å². The molecule has 186 valence electrons. The number of ether oxygens (including phenoxy) is 2. The summed E-state index contributed by atoms with van der Waals surface area (Å²) in [5.41, 5.74) is 1.72. The largest absolute Gasteiger partial charge is 0.483 e. The lowest BCUT2D eigenvalue weighted by molar-refractivity contribution is -0.118. The SMILES string of the molecule is CC(C)c1cc(=O)[nH]c(-n2nc(-c3cccs3)cc2NC(=O)COc2cccc3c2OC(C)(C)C3)n1. The van der Waals surface area contributed by atoms with Gasteiger partial charge in [0.15, 0.2) is 18.1 Å². The first-order chi connectivity index (χ1) is 17.2. The number of nitrogens with one attached hydrogen (secondary N) is 2. The van der Waals surface area contributed by atoms with Gasteiger partial charge in [-0.2, -0.15) is 9.78 Å². The summed E-state index contributed by atoms with van der Waals surface area (Å²) in [4.78, 5) is 33.4. The number of H-pyrrole nitrogens is 1. The number of carbonyl (C=O) groups excluding carboxylic acids is 1. The second kappa shape index (κ2) is 9.27. The molecular weight excluding hydrogens is 478 g/mol. The Morgan fingerprint density at radius 3 is 2.86 bits per heavy atom. The molecule has 4 heterocycles. The number of aromatic nitrogens is 4. The van der Waals surface area contributed by atoms with Crippen LogP contribution in [0.1, 0.15) is 44.9 Å². The van der Waals surface area contributed by atoms with Crippen LogP contribution in [-0.4, -0.2) is 37.9 Å². The number of hydrogen-bond acceptors (Lipinski definition) is 7. The number of benzene rings is 1. The van der Waals surface area contributed by atoms with Crippen molar-refractivity contribution in [1.82, 2.24) is 19.7 Å². The Balaban J connectivity index is 1.41. The smallest absolute Gasteiger partial charge is 0.263 e. The first kappa shape index (κ1) is 23.8. The average molecular weight is 506 g/mol. The van der Waals surface area contributed by atoms with Crippen LogP contribution in [-0.2, 0) is 11.2 Å². The van der Waals surface area contributed by atoms with Gasteiger partial charge in [-0.3, -0.25) is 14.6 Å². The van der Waals surface area contributed by atoms with Gasteiger partial charge in [-0.25, -0.2) is 4.98 Å². The van der Waals surface area contributed by atoms with Crippen molar-refractivity contribution in [2.45, 2.75) is 45.6 Å². The zero-order chi connectivity index (χ0) is 25.4. The topological polar surface area (TPSA) is 111 Å². The first-order valence-electron chi connectivity index (χ1n) is 11.7. The molecular formula is C26H27N5O4S. The highest BCUT2D eigenvalue weighted by molar-refractivity contribution is 7.13. The summed E-state index contributed by atoms with van der Waals surface area (Å²) in [5.74, 6) is 1.45. The van der Waals surface area contributed by atoms with E-state index in [1.807, 2.05) is 57.3 Å². The van der Waals surface area contributed by atoms with E-state index in [4.69, 9.17) is 9.47 Å². The van der Waals surface area contributed by atoms with Gasteiger partial charge in [0.25, 0.3) is 11.5 Å². The Morgan fingerprint density at radius 2 is 2.11 bits per heavy atom. The molecule has 0 radical (unpaired) electrons. The van der Waals surface area contributed by atoms with E-state index in [1.165, 1.54) is 22.1 Å². The molecule has 1 aliphatic rings. The van der Waals surface area contributed by atoms with Gasteiger partial charge in [0.2, 0.25) is 5.95 Å². The number of nitrogens with zero attached hydrogens (tertiary/aromatic N) is 3. The van der Waals surface area contributed by atoms with E-state index in [9.17, 15) is 9.59 Å². The summed E-state index contributed by atoms with van der Waals surface area (Å²) in [7, 11) is 0. The molecule has 5 rings (SSSR count). The molecule has 36 heavy (non-hydrogen) atoms. The third-order valence-electron chi connectivity index (χ3n) is 5.71. The molecule has 2 N–H and O–H groups in total. The van der Waals surface area contributed by atoms with E-state index in [0.29, 0.717) is 28.7 Å². The molecule has 0 aliphatic carbocycles. The van der Waals surface area contributed by atoms with Gasteiger partial charge in [-0.15, -0.1) is 11.3 Å². The zero-order valence-corrected chi connectivity index (χ0v) is 21.3. The highest BCUT2D eigenvalue weighted by atomic mass is 32.1. The number of anilines is 1. The lowest BCUT2D eigenvalue weighted by atomic mass is 10.0. The molecule has 3 aromatic heterocycles. The second-order valence-corrected chi connectivity index (χ2v) is 10.5. The normalized spacial score (nSPS) is 13.9. The van der Waals surface area contributed by atoms with E-state index in [-0.39, 0.29) is 35.5 Å². The van der Waals surface area contributed by atoms with Crippen LogP contribution in [0.5, 0.6) is 11.5 Å². The molecule has 4 aromatic rings. The van der Waals surface area contributed by atoms with Crippen LogP contribution in [0.4, 0.5) is 5.82 Å². The minimum Gasteiger partial charge on any atom is -0.483 e. The quantitative estimate of drug-likeness (QED) is 0.382. The van der Waals surface area contributed by atoms with E-state index in [0.717, 1.165) is 16.9 Å². The van der Waals surface area contributed by atoms with Gasteiger partial charge in [0, 0.05) is 24.1 Å². The maximum Gasteiger partial charge on any atom is 0.263 e. The van der Waals surface area contributed by atoms with Crippen molar-refractivity contribution < 1.29 is 14.3 Å². The van der Waals surface area contributed by atoms with Gasteiger partial charge >= 0.3 is 0 Å². The number of rotatable bonds is 7. The average Bonchev–Trinajstić information content (AvgIpc) is 3.54. The van der Waals surface area contributed by atoms with Crippen molar-refractivity contribution in [3.63, 3.8) is 0 Å². The number of amides is 1. The van der Waals surface area contributed by atoms with Gasteiger partial charge in [-0.05, 0) is 37.3 Å². The summed E-state index contributed by atoms with van der Waals surface area (Å²) < 4.78 is 13.3. The Bertz CT molecular complexity index is 1470. The Morgan fingerprint density at radius 1 is 1.28 bits per heavy atom. The number of thiophene rings is 1. The summed E-state index contributed by atoms with van der Waals surface area (Å²) in [6.45, 7) is 7.72. The molecule has 1 amide bonds. The predicted molar refractivity (Wildman–Crippen MR) is 138 cm³/mol. The maximum atomic E-state index is 12.9. The maximum absolute atomic E-state index is 12.9. The van der Waals surface area contributed by atoms with Crippen molar-refractivity contribution in [3.8, 4) is 28.0 Å². The van der Waals surface area contributed by atoms with Crippen LogP contribution in [0.3, 0.4) is 0 Å². The molecule has 0 saturated carbocycles. The number of carbonyl (C=O) groups is 1. The summed E-state index contributed by atoms with van der Waals surface area (Å²) in [6.07, 6.45) is 0.775. The number of hydrogen-bond donors (Lipinski definition) is 2. The highest BCUT2D eigenvalue weighted by Gasteiger charge is 2.32. The standard InChI is InChI=1S/C26H27N5O4S/c1-15(2)17-12-22(32)29-25(27-17)31-21(11-18(30-31)20-9-6-10-36-20)28-23(33)14-34-19-8-5-7-16-13-26(3,4)35-24(16)19/h5-12,15H,13-14H2,1-4H3,(H,28,33)(H,27,29,32). The fraction of sp³-hybridized carbons (Fsp3) is 0.308. The van der Waals surface area contributed by atoms with Gasteiger partial charge in [0.1, 0.15) is 17.1 Å². The molecule has 0 fully saturated rings. The lowest BCUT2D eigenvalue weighted by Gasteiger charge is -2.18. The third kappa shape index (κ3) is 4.90. The monoisotopic (exact) mass is 505 g/mol. The second-order valence-electron chi connectivity index (χ2n) is 9.57. The molecule has 0 unspecified atom stereocenters. The minimum atomic E-state index is -0.383. The predicted octanol–water partition coefficient (Wildman–Crippen LogP) is 4.54. The Kier molecular flexibility index (Phi) is 6.13. The molecule has 1 aliphatic heterocycles. The van der Waals surface area contributed by atoms with Gasteiger partial charge in [-0.1, -0.05) is 32.0 Å². The van der Waals surface area contributed by atoms with Crippen LogP contribution in [0.15, 0.2) is 52.6 Å². The van der Waals surface area contributed by atoms with Gasteiger partial charge < -0.3 is 14.8 Å². The third-order valence-corrected chi connectivity index (χ3v) is 6.60. The highest BCUT2D eigenvalue weighted by Crippen LogP contribution is 2.41. The molecule has 0 spiro atoms. The van der Waals surface area contributed by atoms with Gasteiger partial charge in [0.05, 0.1) is 10.6 Å². The van der Waals surface area contributed by atoms with Crippen molar-refractivity contribution in [1.29, 1.82) is 0 Å². The summed E-state index contributed by atoms with van der Waals surface area (Å²) >= 11 is 1.52.